The number of methoxy groups -OCH3 is 1. The van der Waals surface area contributed by atoms with Gasteiger partial charge in [0.2, 0.25) is 0 Å². The van der Waals surface area contributed by atoms with Crippen LogP contribution >= 0.6 is 11.8 Å². The summed E-state index contributed by atoms with van der Waals surface area (Å²) in [5.41, 5.74) is 0.896. The van der Waals surface area contributed by atoms with Gasteiger partial charge in [-0.2, -0.15) is 11.8 Å². The van der Waals surface area contributed by atoms with Gasteiger partial charge in [-0.05, 0) is 29.9 Å². The van der Waals surface area contributed by atoms with Crippen LogP contribution in [0.5, 0.6) is 0 Å². The quantitative estimate of drug-likeness (QED) is 0.523. The summed E-state index contributed by atoms with van der Waals surface area (Å²) in [5.74, 6) is 1.40. The average Bonchev–Trinajstić information content (AvgIpc) is 2.59. The lowest BCUT2D eigenvalue weighted by Crippen LogP contribution is -2.42. The highest BCUT2D eigenvalue weighted by atomic mass is 32.2. The van der Waals surface area contributed by atoms with E-state index in [1.807, 2.05) is 30.3 Å². The van der Waals surface area contributed by atoms with E-state index >= 15 is 0 Å². The summed E-state index contributed by atoms with van der Waals surface area (Å²) in [7, 11) is 1.32. The van der Waals surface area contributed by atoms with Crippen molar-refractivity contribution in [2.24, 2.45) is 0 Å². The number of carbonyl (C=O) groups is 2. The van der Waals surface area contributed by atoms with E-state index in [1.165, 1.54) is 7.11 Å². The summed E-state index contributed by atoms with van der Waals surface area (Å²) in [4.78, 5) is 23.6. The molecule has 0 radical (unpaired) electrons. The van der Waals surface area contributed by atoms with Crippen LogP contribution < -0.4 is 5.32 Å². The Hall–Kier alpha value is -1.69. The van der Waals surface area contributed by atoms with Crippen molar-refractivity contribution in [2.75, 3.05) is 18.6 Å². The number of hydrogen-bond acceptors (Lipinski definition) is 5. The molecule has 0 unspecified atom stereocenters. The first-order chi connectivity index (χ1) is 11.2. The van der Waals surface area contributed by atoms with Crippen LogP contribution in [0.4, 0.5) is 4.79 Å². The Labute approximate surface area is 142 Å². The maximum atomic E-state index is 11.8. The van der Waals surface area contributed by atoms with Crippen LogP contribution in [0.1, 0.15) is 31.7 Å². The van der Waals surface area contributed by atoms with Crippen molar-refractivity contribution in [3.05, 3.63) is 35.9 Å². The zero-order chi connectivity index (χ0) is 16.9. The molecule has 1 aromatic carbocycles. The zero-order valence-corrected chi connectivity index (χ0v) is 14.6. The highest BCUT2D eigenvalue weighted by Gasteiger charge is 2.21. The van der Waals surface area contributed by atoms with E-state index in [2.05, 4.69) is 12.2 Å². The van der Waals surface area contributed by atoms with Crippen molar-refractivity contribution in [1.82, 2.24) is 5.32 Å². The van der Waals surface area contributed by atoms with Crippen LogP contribution in [0.25, 0.3) is 0 Å². The van der Waals surface area contributed by atoms with E-state index in [9.17, 15) is 9.59 Å². The van der Waals surface area contributed by atoms with Gasteiger partial charge in [0, 0.05) is 0 Å². The molecule has 1 aromatic rings. The maximum Gasteiger partial charge on any atom is 0.408 e. The fourth-order valence-electron chi connectivity index (χ4n) is 1.85. The molecule has 1 atom stereocenters. The molecule has 1 rings (SSSR count). The molecule has 23 heavy (non-hydrogen) atoms. The molecule has 0 heterocycles. The van der Waals surface area contributed by atoms with E-state index in [1.54, 1.807) is 11.8 Å². The highest BCUT2D eigenvalue weighted by molar-refractivity contribution is 7.99. The van der Waals surface area contributed by atoms with Crippen molar-refractivity contribution in [3.63, 3.8) is 0 Å². The number of nitrogens with one attached hydrogen (secondary N) is 1. The van der Waals surface area contributed by atoms with E-state index < -0.39 is 18.1 Å². The van der Waals surface area contributed by atoms with Gasteiger partial charge >= 0.3 is 12.1 Å². The third kappa shape index (κ3) is 8.50. The number of ether oxygens (including phenoxy) is 2. The Bertz CT molecular complexity index is 467. The van der Waals surface area contributed by atoms with E-state index in [0.717, 1.165) is 29.9 Å². The van der Waals surface area contributed by atoms with Gasteiger partial charge in [-0.15, -0.1) is 0 Å². The summed E-state index contributed by atoms with van der Waals surface area (Å²) < 4.78 is 9.87. The molecule has 0 aliphatic heterocycles. The first-order valence-corrected chi connectivity index (χ1v) is 8.95. The third-order valence-electron chi connectivity index (χ3n) is 3.18. The maximum absolute atomic E-state index is 11.8. The van der Waals surface area contributed by atoms with Gasteiger partial charge in [0.15, 0.2) is 0 Å². The number of esters is 1. The van der Waals surface area contributed by atoms with Crippen molar-refractivity contribution in [2.45, 2.75) is 38.8 Å². The minimum atomic E-state index is -0.669. The number of unbranched alkanes of at least 4 members (excludes halogenated alkanes) is 1. The third-order valence-corrected chi connectivity index (χ3v) is 4.29. The van der Waals surface area contributed by atoms with Crippen LogP contribution in [-0.2, 0) is 20.9 Å². The van der Waals surface area contributed by atoms with Gasteiger partial charge in [-0.25, -0.2) is 9.59 Å². The van der Waals surface area contributed by atoms with Crippen LogP contribution in [0, 0.1) is 0 Å². The Morgan fingerprint density at radius 2 is 1.96 bits per heavy atom. The molecule has 0 bridgehead atoms. The summed E-state index contributed by atoms with van der Waals surface area (Å²) in [6, 6.07) is 8.72. The summed E-state index contributed by atoms with van der Waals surface area (Å²) in [5, 5.41) is 2.58. The zero-order valence-electron chi connectivity index (χ0n) is 13.7. The summed E-state index contributed by atoms with van der Waals surface area (Å²) >= 11 is 1.77. The molecule has 0 fully saturated rings. The number of amides is 1. The Balaban J connectivity index is 2.36. The Morgan fingerprint density at radius 3 is 2.61 bits per heavy atom. The minimum Gasteiger partial charge on any atom is -0.467 e. The molecule has 0 aliphatic rings. The van der Waals surface area contributed by atoms with Gasteiger partial charge < -0.3 is 14.8 Å². The second-order valence-electron chi connectivity index (χ2n) is 5.04. The lowest BCUT2D eigenvalue weighted by atomic mass is 10.2. The first kappa shape index (κ1) is 19.4. The second-order valence-corrected chi connectivity index (χ2v) is 6.26. The molecule has 5 nitrogen and oxygen atoms in total. The smallest absolute Gasteiger partial charge is 0.408 e. The Kier molecular flexibility index (Phi) is 9.95. The molecule has 0 saturated heterocycles. The Morgan fingerprint density at radius 1 is 1.22 bits per heavy atom. The van der Waals surface area contributed by atoms with Gasteiger partial charge in [-0.3, -0.25) is 0 Å². The SMILES string of the molecule is CCCCSCC[C@H](NC(=O)OCc1ccccc1)C(=O)OC. The summed E-state index contributed by atoms with van der Waals surface area (Å²) in [6.45, 7) is 2.31. The topological polar surface area (TPSA) is 64.6 Å². The lowest BCUT2D eigenvalue weighted by molar-refractivity contribution is -0.143. The van der Waals surface area contributed by atoms with Crippen LogP contribution in [-0.4, -0.2) is 36.7 Å². The number of hydrogen-bond donors (Lipinski definition) is 1. The van der Waals surface area contributed by atoms with Crippen molar-refractivity contribution in [1.29, 1.82) is 0 Å². The van der Waals surface area contributed by atoms with E-state index in [0.29, 0.717) is 6.42 Å². The van der Waals surface area contributed by atoms with Crippen molar-refractivity contribution in [3.8, 4) is 0 Å². The van der Waals surface area contributed by atoms with Gasteiger partial charge in [0.1, 0.15) is 12.6 Å². The molecule has 1 amide bonds. The van der Waals surface area contributed by atoms with Gasteiger partial charge in [0.25, 0.3) is 0 Å². The van der Waals surface area contributed by atoms with Crippen LogP contribution in [0.15, 0.2) is 30.3 Å². The van der Waals surface area contributed by atoms with Crippen molar-refractivity contribution >= 4 is 23.8 Å². The molecular weight excluding hydrogens is 314 g/mol. The van der Waals surface area contributed by atoms with E-state index in [-0.39, 0.29) is 6.61 Å². The molecular formula is C17H25NO4S. The number of rotatable bonds is 10. The van der Waals surface area contributed by atoms with Crippen LogP contribution in [0.3, 0.4) is 0 Å². The molecule has 0 saturated carbocycles. The number of alkyl carbamates (subject to hydrolysis) is 1. The monoisotopic (exact) mass is 339 g/mol. The van der Waals surface area contributed by atoms with Gasteiger partial charge in [0.05, 0.1) is 7.11 Å². The number of carbonyl (C=O) groups excluding carboxylic acids is 2. The molecule has 0 aliphatic carbocycles. The van der Waals surface area contributed by atoms with E-state index in [4.69, 9.17) is 9.47 Å². The molecule has 1 N–H and O–H groups in total. The van der Waals surface area contributed by atoms with Crippen molar-refractivity contribution < 1.29 is 19.1 Å². The fourth-order valence-corrected chi connectivity index (χ4v) is 2.95. The lowest BCUT2D eigenvalue weighted by Gasteiger charge is -2.16. The summed E-state index contributed by atoms with van der Waals surface area (Å²) in [6.07, 6.45) is 2.22. The van der Waals surface area contributed by atoms with Gasteiger partial charge in [-0.1, -0.05) is 43.7 Å². The standard InChI is InChI=1S/C17H25NO4S/c1-3-4-11-23-12-10-15(16(19)21-2)18-17(20)22-13-14-8-6-5-7-9-14/h5-9,15H,3-4,10-13H2,1-2H3,(H,18,20)/t15-/m0/s1. The normalized spacial score (nSPS) is 11.6. The molecule has 0 spiro atoms. The highest BCUT2D eigenvalue weighted by Crippen LogP contribution is 2.09. The molecule has 0 aromatic heterocycles. The van der Waals surface area contributed by atoms with Crippen LogP contribution in [0.2, 0.25) is 0 Å². The predicted molar refractivity (Wildman–Crippen MR) is 92.4 cm³/mol. The second kappa shape index (κ2) is 11.8. The number of thioether (sulfide) groups is 1. The molecule has 128 valence electrons. The predicted octanol–water partition coefficient (Wildman–Crippen LogP) is 3.38. The average molecular weight is 339 g/mol. The first-order valence-electron chi connectivity index (χ1n) is 7.80. The fraction of sp³-hybridized carbons (Fsp3) is 0.529. The number of benzene rings is 1. The largest absolute Gasteiger partial charge is 0.467 e. The minimum absolute atomic E-state index is 0.172. The molecule has 6 heteroatoms.